The number of nitrogens with zero attached hydrogens (tertiary/aromatic N) is 3. The van der Waals surface area contributed by atoms with Crippen molar-refractivity contribution >= 4 is 31.2 Å². The predicted octanol–water partition coefficient (Wildman–Crippen LogP) is 9.51. The monoisotopic (exact) mass is 707 g/mol. The number of oxime groups is 1. The number of ether oxygens (including phenoxy) is 1. The molecule has 0 spiro atoms. The van der Waals surface area contributed by atoms with Crippen molar-refractivity contribution < 1.29 is 27.8 Å². The molecule has 1 heterocycles. The fourth-order valence-corrected chi connectivity index (χ4v) is 7.06. The van der Waals surface area contributed by atoms with E-state index in [0.717, 1.165) is 31.2 Å². The molecule has 1 aromatic heterocycles. The highest BCUT2D eigenvalue weighted by Gasteiger charge is 2.31. The lowest BCUT2D eigenvalue weighted by molar-refractivity contribution is -0.142. The van der Waals surface area contributed by atoms with Gasteiger partial charge in [-0.3, -0.25) is 4.79 Å². The third kappa shape index (κ3) is 12.3. The summed E-state index contributed by atoms with van der Waals surface area (Å²) in [6, 6.07) is 19.4. The molecule has 3 rings (SSSR count). The van der Waals surface area contributed by atoms with E-state index in [1.807, 2.05) is 43.3 Å². The van der Waals surface area contributed by atoms with Crippen molar-refractivity contribution in [3.05, 3.63) is 76.1 Å². The van der Waals surface area contributed by atoms with Crippen LogP contribution in [0, 0.1) is 16.7 Å². The van der Waals surface area contributed by atoms with Gasteiger partial charge >= 0.3 is 11.6 Å². The largest absolute Gasteiger partial charge is 0.425 e. The zero-order chi connectivity index (χ0) is 36.7. The normalized spacial score (nSPS) is 13.5. The number of carbonyl (C=O) groups excluding carboxylic acids is 1. The second kappa shape index (κ2) is 20.3. The fourth-order valence-electron chi connectivity index (χ4n) is 5.43. The van der Waals surface area contributed by atoms with Gasteiger partial charge in [-0.05, 0) is 92.3 Å². The van der Waals surface area contributed by atoms with Crippen molar-refractivity contribution in [3.8, 4) is 11.8 Å². The summed E-state index contributed by atoms with van der Waals surface area (Å²) in [6.07, 6.45) is 4.35. The highest BCUT2D eigenvalue weighted by molar-refractivity contribution is 7.44. The van der Waals surface area contributed by atoms with Crippen LogP contribution in [0.2, 0.25) is 0 Å². The van der Waals surface area contributed by atoms with E-state index >= 15 is 0 Å². The van der Waals surface area contributed by atoms with Gasteiger partial charge in [-0.15, -0.1) is 0 Å². The minimum absolute atomic E-state index is 0.214. The van der Waals surface area contributed by atoms with E-state index in [9.17, 15) is 9.59 Å². The zero-order valence-corrected chi connectivity index (χ0v) is 31.8. The van der Waals surface area contributed by atoms with Crippen LogP contribution in [0.4, 0.5) is 0 Å². The first kappa shape index (κ1) is 40.8. The van der Waals surface area contributed by atoms with Crippen molar-refractivity contribution in [2.24, 2.45) is 10.6 Å². The van der Waals surface area contributed by atoms with Crippen molar-refractivity contribution in [1.29, 1.82) is 5.26 Å². The quantitative estimate of drug-likeness (QED) is 0.0282. The lowest BCUT2D eigenvalue weighted by Crippen LogP contribution is -2.33. The molecule has 2 atom stereocenters. The summed E-state index contributed by atoms with van der Waals surface area (Å²) in [6.45, 7) is 17.1. The molecule has 0 saturated heterocycles. The van der Waals surface area contributed by atoms with Crippen LogP contribution in [0.3, 0.4) is 0 Å². The molecule has 0 radical (unpaired) electrons. The Bertz CT molecular complexity index is 1620. The van der Waals surface area contributed by atoms with Crippen molar-refractivity contribution in [2.45, 2.75) is 112 Å². The van der Waals surface area contributed by atoms with Gasteiger partial charge in [0, 0.05) is 24.4 Å². The number of fused-ring (bicyclic) bond motifs is 1. The second-order valence-electron chi connectivity index (χ2n) is 13.9. The molecule has 0 aliphatic heterocycles. The Balaban J connectivity index is 1.64. The average molecular weight is 708 g/mol. The van der Waals surface area contributed by atoms with Crippen LogP contribution in [-0.2, 0) is 18.7 Å². The molecule has 0 aliphatic rings. The maximum atomic E-state index is 13.6. The second-order valence-corrected chi connectivity index (χ2v) is 15.3. The smallest absolute Gasteiger partial charge is 0.343 e. The third-order valence-electron chi connectivity index (χ3n) is 7.87. The summed E-state index contributed by atoms with van der Waals surface area (Å²) in [5, 5.41) is 13.9. The van der Waals surface area contributed by atoms with E-state index in [1.165, 1.54) is 0 Å². The molecule has 2 unspecified atom stereocenters. The van der Waals surface area contributed by atoms with Gasteiger partial charge in [0.2, 0.25) is 0 Å². The molecule has 2 aromatic carbocycles. The van der Waals surface area contributed by atoms with Gasteiger partial charge in [-0.25, -0.2) is 9.46 Å². The number of carbonyl (C=O) groups is 1. The Labute approximate surface area is 298 Å². The molecular weight excluding hydrogens is 653 g/mol. The van der Waals surface area contributed by atoms with E-state index in [1.54, 1.807) is 39.0 Å². The number of para-hydroxylation sites is 1. The number of esters is 1. The lowest BCUT2D eigenvalue weighted by Gasteiger charge is -2.35. The molecule has 0 saturated carbocycles. The van der Waals surface area contributed by atoms with E-state index < -0.39 is 31.5 Å². The van der Waals surface area contributed by atoms with Gasteiger partial charge in [0.05, 0.1) is 47.8 Å². The highest BCUT2D eigenvalue weighted by Crippen LogP contribution is 2.46. The van der Waals surface area contributed by atoms with Crippen LogP contribution in [0.15, 0.2) is 69.0 Å². The topological polar surface area (TPSA) is 124 Å². The van der Waals surface area contributed by atoms with Crippen LogP contribution in [0.1, 0.15) is 111 Å². The molecular formula is C39H54N3O7P. The predicted molar refractivity (Wildman–Crippen MR) is 199 cm³/mol. The molecule has 0 bridgehead atoms. The molecule has 3 aromatic rings. The summed E-state index contributed by atoms with van der Waals surface area (Å²) >= 11 is 0. The number of hydrogen-bond donors (Lipinski definition) is 0. The fraction of sp³-hybridized carbons (Fsp3) is 0.538. The number of hydrogen-bond acceptors (Lipinski definition) is 10. The maximum absolute atomic E-state index is 13.6. The maximum Gasteiger partial charge on any atom is 0.343 e. The molecule has 0 aliphatic carbocycles. The minimum Gasteiger partial charge on any atom is -0.425 e. The highest BCUT2D eigenvalue weighted by atomic mass is 31.2. The van der Waals surface area contributed by atoms with Gasteiger partial charge in [0.15, 0.2) is 5.75 Å². The van der Waals surface area contributed by atoms with Crippen LogP contribution in [0.25, 0.3) is 11.0 Å². The Kier molecular flexibility index (Phi) is 16.6. The van der Waals surface area contributed by atoms with Gasteiger partial charge in [-0.2, -0.15) is 5.26 Å². The summed E-state index contributed by atoms with van der Waals surface area (Å²) in [7, 11) is -1.23. The van der Waals surface area contributed by atoms with Gasteiger partial charge in [0.1, 0.15) is 12.2 Å². The Morgan fingerprint density at radius 1 is 0.920 bits per heavy atom. The van der Waals surface area contributed by atoms with Crippen LogP contribution < -0.4 is 10.4 Å². The lowest BCUT2D eigenvalue weighted by atomic mass is 9.86. The number of benzene rings is 2. The number of rotatable bonds is 20. The molecule has 10 nitrogen and oxygen atoms in total. The SMILES string of the molecule is CC(CC(c1ccccc1)c1c(OC(=O)C(C)(C)C)c2ccccc2oc1=O)=NOCCCCCCOP(OCCC#N)N(C(C)C)C(C)C. The van der Waals surface area contributed by atoms with E-state index in [-0.39, 0.29) is 23.4 Å². The van der Waals surface area contributed by atoms with Crippen molar-refractivity contribution in [2.75, 3.05) is 19.8 Å². The molecule has 0 fully saturated rings. The summed E-state index contributed by atoms with van der Waals surface area (Å²) < 4.78 is 26.1. The first-order chi connectivity index (χ1) is 23.8. The number of nitriles is 1. The van der Waals surface area contributed by atoms with Crippen LogP contribution in [-0.4, -0.2) is 48.3 Å². The summed E-state index contributed by atoms with van der Waals surface area (Å²) in [5.41, 5.74) is 0.834. The van der Waals surface area contributed by atoms with Gasteiger partial charge in [-0.1, -0.05) is 54.0 Å². The van der Waals surface area contributed by atoms with Crippen molar-refractivity contribution in [3.63, 3.8) is 0 Å². The standard InChI is InChI=1S/C39H54N3O7P/c1-28(2)42(29(3)4)50(47-26-18-23-40)46-25-17-10-9-16-24-45-41-30(5)27-33(31-19-12-11-13-20-31)35-36(49-38(44)39(6,7)8)32-21-14-15-22-34(32)48-37(35)43/h11-15,19-22,28-29,33H,9-10,16-18,24-27H2,1-8H3. The first-order valence-electron chi connectivity index (χ1n) is 17.5. The molecule has 11 heteroatoms. The van der Waals surface area contributed by atoms with Crippen LogP contribution >= 0.6 is 8.53 Å². The van der Waals surface area contributed by atoms with Crippen LogP contribution in [0.5, 0.6) is 5.75 Å². The van der Waals surface area contributed by atoms with E-state index in [2.05, 4.69) is 43.6 Å². The average Bonchev–Trinajstić information content (AvgIpc) is 3.06. The van der Waals surface area contributed by atoms with E-state index in [4.69, 9.17) is 28.3 Å². The minimum atomic E-state index is -1.23. The molecule has 0 amide bonds. The van der Waals surface area contributed by atoms with E-state index in [0.29, 0.717) is 49.3 Å². The summed E-state index contributed by atoms with van der Waals surface area (Å²) in [4.78, 5) is 32.5. The first-order valence-corrected chi connectivity index (χ1v) is 18.7. The van der Waals surface area contributed by atoms with Crippen molar-refractivity contribution in [1.82, 2.24) is 4.67 Å². The summed E-state index contributed by atoms with van der Waals surface area (Å²) in [5.74, 6) is -0.728. The van der Waals surface area contributed by atoms with Gasteiger partial charge < -0.3 is 23.0 Å². The number of unbranched alkanes of at least 4 members (excludes halogenated alkanes) is 3. The Morgan fingerprint density at radius 2 is 1.54 bits per heavy atom. The molecule has 50 heavy (non-hydrogen) atoms. The molecule has 272 valence electrons. The molecule has 0 N–H and O–H groups in total. The Morgan fingerprint density at radius 3 is 2.18 bits per heavy atom. The zero-order valence-electron chi connectivity index (χ0n) is 30.9. The van der Waals surface area contributed by atoms with Gasteiger partial charge in [0.25, 0.3) is 8.53 Å². The third-order valence-corrected chi connectivity index (χ3v) is 9.98. The Hall–Kier alpha value is -3.61.